The predicted molar refractivity (Wildman–Crippen MR) is 82.0 cm³/mol. The normalized spacial score (nSPS) is 11.9. The maximum atomic E-state index is 5.58. The molecule has 0 saturated heterocycles. The van der Waals surface area contributed by atoms with E-state index in [1.807, 2.05) is 12.1 Å². The molecule has 0 unspecified atom stereocenters. The Balaban J connectivity index is 2.25. The van der Waals surface area contributed by atoms with Crippen LogP contribution in [0, 0.1) is 5.92 Å². The van der Waals surface area contributed by atoms with Gasteiger partial charge in [-0.15, -0.1) is 0 Å². The monoisotopic (exact) mass is 280 g/mol. The third kappa shape index (κ3) is 8.12. The molecular weight excluding hydrogens is 252 g/mol. The van der Waals surface area contributed by atoms with Gasteiger partial charge in [-0.3, -0.25) is 4.98 Å². The van der Waals surface area contributed by atoms with Crippen LogP contribution in [0.15, 0.2) is 18.3 Å². The lowest BCUT2D eigenvalue weighted by Gasteiger charge is -2.20. The summed E-state index contributed by atoms with van der Waals surface area (Å²) in [4.78, 5) is 4.38. The highest BCUT2D eigenvalue weighted by atomic mass is 16.5. The number of aromatic nitrogens is 1. The zero-order valence-electron chi connectivity index (χ0n) is 13.4. The summed E-state index contributed by atoms with van der Waals surface area (Å²) in [5.41, 5.74) is 1.12. The number of pyridine rings is 1. The van der Waals surface area contributed by atoms with E-state index in [0.29, 0.717) is 19.1 Å². The third-order valence-electron chi connectivity index (χ3n) is 2.55. The van der Waals surface area contributed by atoms with Crippen molar-refractivity contribution in [2.75, 3.05) is 19.8 Å². The molecule has 1 aromatic heterocycles. The molecule has 0 atom stereocenters. The minimum atomic E-state index is 0.102. The quantitative estimate of drug-likeness (QED) is 0.743. The average molecular weight is 280 g/mol. The second kappa shape index (κ2) is 8.22. The highest BCUT2D eigenvalue weighted by Crippen LogP contribution is 2.10. The Bertz CT molecular complexity index is 369. The predicted octanol–water partition coefficient (Wildman–Crippen LogP) is 3.02. The van der Waals surface area contributed by atoms with Gasteiger partial charge in [0, 0.05) is 18.7 Å². The lowest BCUT2D eigenvalue weighted by Crippen LogP contribution is -2.35. The molecule has 0 saturated carbocycles. The van der Waals surface area contributed by atoms with Crippen molar-refractivity contribution in [2.45, 2.75) is 46.7 Å². The van der Waals surface area contributed by atoms with Gasteiger partial charge in [0.2, 0.25) is 0 Å². The van der Waals surface area contributed by atoms with Gasteiger partial charge < -0.3 is 14.8 Å². The fourth-order valence-electron chi connectivity index (χ4n) is 1.49. The molecule has 20 heavy (non-hydrogen) atoms. The summed E-state index contributed by atoms with van der Waals surface area (Å²) in [6.45, 7) is 13.4. The van der Waals surface area contributed by atoms with Crippen molar-refractivity contribution >= 4 is 0 Å². The summed E-state index contributed by atoms with van der Waals surface area (Å²) in [6, 6.07) is 3.94. The molecule has 114 valence electrons. The summed E-state index contributed by atoms with van der Waals surface area (Å²) in [6.07, 6.45) is 1.77. The minimum absolute atomic E-state index is 0.102. The summed E-state index contributed by atoms with van der Waals surface area (Å²) < 4.78 is 11.0. The largest absolute Gasteiger partial charge is 0.490 e. The van der Waals surface area contributed by atoms with Gasteiger partial charge in [0.15, 0.2) is 0 Å². The van der Waals surface area contributed by atoms with Crippen molar-refractivity contribution in [1.82, 2.24) is 10.3 Å². The topological polar surface area (TPSA) is 43.4 Å². The molecule has 1 aromatic rings. The van der Waals surface area contributed by atoms with Crippen LogP contribution in [0.3, 0.4) is 0 Å². The molecule has 0 aliphatic heterocycles. The van der Waals surface area contributed by atoms with Crippen molar-refractivity contribution in [3.8, 4) is 5.75 Å². The summed E-state index contributed by atoms with van der Waals surface area (Å²) in [5.74, 6) is 1.35. The highest BCUT2D eigenvalue weighted by Gasteiger charge is 2.08. The molecule has 0 radical (unpaired) electrons. The van der Waals surface area contributed by atoms with Crippen LogP contribution in [0.25, 0.3) is 0 Å². The van der Waals surface area contributed by atoms with Crippen LogP contribution < -0.4 is 10.1 Å². The zero-order valence-corrected chi connectivity index (χ0v) is 13.4. The van der Waals surface area contributed by atoms with Gasteiger partial charge in [0.25, 0.3) is 0 Å². The van der Waals surface area contributed by atoms with Crippen LogP contribution in [0.2, 0.25) is 0 Å². The number of nitrogens with zero attached hydrogens (tertiary/aromatic N) is 1. The van der Waals surface area contributed by atoms with Crippen LogP contribution in [-0.2, 0) is 11.3 Å². The van der Waals surface area contributed by atoms with Gasteiger partial charge in [-0.2, -0.15) is 0 Å². The SMILES string of the molecule is CC(C)COCCOc1ccc(CNC(C)(C)C)nc1. The molecule has 0 aliphatic carbocycles. The maximum absolute atomic E-state index is 5.58. The number of ether oxygens (including phenoxy) is 2. The lowest BCUT2D eigenvalue weighted by molar-refractivity contribution is 0.0818. The number of hydrogen-bond acceptors (Lipinski definition) is 4. The van der Waals surface area contributed by atoms with Gasteiger partial charge in [-0.25, -0.2) is 0 Å². The molecule has 0 amide bonds. The average Bonchev–Trinajstić information content (AvgIpc) is 2.36. The zero-order chi connectivity index (χ0) is 15.0. The van der Waals surface area contributed by atoms with E-state index in [4.69, 9.17) is 9.47 Å². The second-order valence-corrected chi connectivity index (χ2v) is 6.41. The first-order valence-electron chi connectivity index (χ1n) is 7.27. The van der Waals surface area contributed by atoms with Crippen molar-refractivity contribution in [3.05, 3.63) is 24.0 Å². The lowest BCUT2D eigenvalue weighted by atomic mass is 10.1. The molecule has 0 fully saturated rings. The van der Waals surface area contributed by atoms with Gasteiger partial charge in [-0.1, -0.05) is 13.8 Å². The number of rotatable bonds is 8. The Kier molecular flexibility index (Phi) is 6.96. The first-order chi connectivity index (χ1) is 9.37. The van der Waals surface area contributed by atoms with Crippen LogP contribution in [0.5, 0.6) is 5.75 Å². The van der Waals surface area contributed by atoms with Gasteiger partial charge in [-0.05, 0) is 38.8 Å². The van der Waals surface area contributed by atoms with Gasteiger partial charge in [0.1, 0.15) is 12.4 Å². The second-order valence-electron chi connectivity index (χ2n) is 6.41. The van der Waals surface area contributed by atoms with E-state index in [9.17, 15) is 0 Å². The molecule has 0 aliphatic rings. The Morgan fingerprint density at radius 1 is 1.20 bits per heavy atom. The van der Waals surface area contributed by atoms with E-state index in [1.165, 1.54) is 0 Å². The van der Waals surface area contributed by atoms with E-state index in [-0.39, 0.29) is 5.54 Å². The molecule has 1 rings (SSSR count). The Labute approximate surface area is 122 Å². The van der Waals surface area contributed by atoms with E-state index in [1.54, 1.807) is 6.20 Å². The molecule has 1 heterocycles. The number of hydrogen-bond donors (Lipinski definition) is 1. The first-order valence-corrected chi connectivity index (χ1v) is 7.27. The smallest absolute Gasteiger partial charge is 0.137 e. The standard InChI is InChI=1S/C16H28N2O2/c1-13(2)12-19-8-9-20-15-7-6-14(17-11-15)10-18-16(3,4)5/h6-7,11,13,18H,8-10,12H2,1-5H3. The van der Waals surface area contributed by atoms with E-state index < -0.39 is 0 Å². The van der Waals surface area contributed by atoms with Crippen LogP contribution in [0.4, 0.5) is 0 Å². The molecule has 0 aromatic carbocycles. The summed E-state index contributed by atoms with van der Waals surface area (Å²) in [5, 5.41) is 3.40. The summed E-state index contributed by atoms with van der Waals surface area (Å²) in [7, 11) is 0. The molecular formula is C16H28N2O2. The third-order valence-corrected chi connectivity index (χ3v) is 2.55. The summed E-state index contributed by atoms with van der Waals surface area (Å²) >= 11 is 0. The molecule has 1 N–H and O–H groups in total. The van der Waals surface area contributed by atoms with Gasteiger partial charge >= 0.3 is 0 Å². The molecule has 0 spiro atoms. The maximum Gasteiger partial charge on any atom is 0.137 e. The van der Waals surface area contributed by atoms with E-state index in [0.717, 1.165) is 24.6 Å². The van der Waals surface area contributed by atoms with E-state index in [2.05, 4.69) is 44.9 Å². The molecule has 0 bridgehead atoms. The Morgan fingerprint density at radius 3 is 2.50 bits per heavy atom. The fraction of sp³-hybridized carbons (Fsp3) is 0.688. The number of nitrogens with one attached hydrogen (secondary N) is 1. The first kappa shape index (κ1) is 16.9. The van der Waals surface area contributed by atoms with Crippen LogP contribution >= 0.6 is 0 Å². The van der Waals surface area contributed by atoms with Crippen molar-refractivity contribution in [1.29, 1.82) is 0 Å². The van der Waals surface area contributed by atoms with Crippen LogP contribution in [-0.4, -0.2) is 30.3 Å². The van der Waals surface area contributed by atoms with Crippen molar-refractivity contribution in [3.63, 3.8) is 0 Å². The van der Waals surface area contributed by atoms with Gasteiger partial charge in [0.05, 0.1) is 18.5 Å². The molecule has 4 nitrogen and oxygen atoms in total. The van der Waals surface area contributed by atoms with E-state index >= 15 is 0 Å². The fourth-order valence-corrected chi connectivity index (χ4v) is 1.49. The van der Waals surface area contributed by atoms with Crippen molar-refractivity contribution < 1.29 is 9.47 Å². The Morgan fingerprint density at radius 2 is 1.95 bits per heavy atom. The minimum Gasteiger partial charge on any atom is -0.490 e. The highest BCUT2D eigenvalue weighted by molar-refractivity contribution is 5.19. The Hall–Kier alpha value is -1.13. The van der Waals surface area contributed by atoms with Crippen molar-refractivity contribution in [2.24, 2.45) is 5.92 Å². The van der Waals surface area contributed by atoms with Crippen LogP contribution in [0.1, 0.15) is 40.3 Å². The molecule has 4 heteroatoms.